The molecule has 1 heterocycles. The topological polar surface area (TPSA) is 60.2 Å². The van der Waals surface area contributed by atoms with Crippen LogP contribution < -0.4 is 16.0 Å². The summed E-state index contributed by atoms with van der Waals surface area (Å²) in [6, 6.07) is 1.54. The molecule has 0 bridgehead atoms. The lowest BCUT2D eigenvalue weighted by molar-refractivity contribution is 0.301. The molecular weight excluding hydrogens is 249 g/mol. The fraction of sp³-hybridized carbons (Fsp3) is 0.300. The molecule has 1 aromatic heterocycles. The maximum Gasteiger partial charge on any atom is 0.234 e. The quantitative estimate of drug-likeness (QED) is 0.358. The normalized spacial score (nSPS) is 9.94. The van der Waals surface area contributed by atoms with Gasteiger partial charge in [-0.2, -0.15) is 4.98 Å². The summed E-state index contributed by atoms with van der Waals surface area (Å²) in [4.78, 5) is 4.04. The second-order valence-corrected chi connectivity index (χ2v) is 3.84. The number of aromatic nitrogens is 1. The highest BCUT2D eigenvalue weighted by Gasteiger charge is 2.09. The number of anilines is 1. The Morgan fingerprint density at radius 1 is 1.50 bits per heavy atom. The van der Waals surface area contributed by atoms with E-state index in [1.165, 1.54) is 6.07 Å². The first kappa shape index (κ1) is 13.1. The zero-order valence-corrected chi connectivity index (χ0v) is 10.2. The van der Waals surface area contributed by atoms with Crippen LogP contribution in [-0.4, -0.2) is 11.6 Å². The maximum atomic E-state index is 5.91. The van der Waals surface area contributed by atoms with Gasteiger partial charge in [0.15, 0.2) is 5.82 Å². The number of hydrogen-bond acceptors (Lipinski definition) is 4. The van der Waals surface area contributed by atoms with E-state index in [0.29, 0.717) is 28.3 Å². The molecule has 0 aliphatic rings. The Morgan fingerprint density at radius 2 is 2.25 bits per heavy atom. The van der Waals surface area contributed by atoms with Crippen LogP contribution in [0, 0.1) is 0 Å². The Morgan fingerprint density at radius 3 is 2.88 bits per heavy atom. The molecule has 0 spiro atoms. The van der Waals surface area contributed by atoms with Gasteiger partial charge in [-0.3, -0.25) is 0 Å². The van der Waals surface area contributed by atoms with Crippen molar-refractivity contribution >= 4 is 29.0 Å². The van der Waals surface area contributed by atoms with Crippen molar-refractivity contribution < 1.29 is 4.74 Å². The van der Waals surface area contributed by atoms with Crippen molar-refractivity contribution in [2.24, 2.45) is 5.84 Å². The summed E-state index contributed by atoms with van der Waals surface area (Å²) in [6.45, 7) is 4.14. The van der Waals surface area contributed by atoms with Crippen molar-refractivity contribution in [3.63, 3.8) is 0 Å². The second-order valence-electron chi connectivity index (χ2n) is 3.03. The number of nitrogen functional groups attached to an aromatic ring is 1. The molecule has 16 heavy (non-hydrogen) atoms. The molecule has 0 saturated carbocycles. The highest BCUT2D eigenvalue weighted by molar-refractivity contribution is 6.36. The Kier molecular flexibility index (Phi) is 5.38. The molecule has 0 aliphatic carbocycles. The summed E-state index contributed by atoms with van der Waals surface area (Å²) in [6.07, 6.45) is 3.57. The van der Waals surface area contributed by atoms with Gasteiger partial charge in [-0.15, -0.1) is 6.58 Å². The molecule has 0 aliphatic heterocycles. The van der Waals surface area contributed by atoms with Gasteiger partial charge in [0.05, 0.1) is 11.6 Å². The number of allylic oxidation sites excluding steroid dienone is 1. The summed E-state index contributed by atoms with van der Waals surface area (Å²) in [5, 5.41) is 0.716. The van der Waals surface area contributed by atoms with Crippen molar-refractivity contribution in [3.05, 3.63) is 28.8 Å². The van der Waals surface area contributed by atoms with E-state index in [1.807, 2.05) is 6.08 Å². The highest BCUT2D eigenvalue weighted by Crippen LogP contribution is 2.30. The van der Waals surface area contributed by atoms with Gasteiger partial charge in [0.2, 0.25) is 5.88 Å². The standard InChI is InChI=1S/C10H13Cl2N3O/c1-2-3-4-5-16-10-8(12)6-7(11)9(14-10)15-13/h2,6H,1,3-5,13H2,(H,14,15). The number of hydrogen-bond donors (Lipinski definition) is 2. The van der Waals surface area contributed by atoms with Crippen LogP contribution >= 0.6 is 23.2 Å². The molecule has 1 rings (SSSR count). The maximum absolute atomic E-state index is 5.91. The van der Waals surface area contributed by atoms with E-state index in [-0.39, 0.29) is 0 Å². The molecule has 3 N–H and O–H groups in total. The summed E-state index contributed by atoms with van der Waals surface area (Å²) in [7, 11) is 0. The first-order chi connectivity index (χ1) is 7.69. The molecule has 0 aromatic carbocycles. The lowest BCUT2D eigenvalue weighted by atomic mass is 10.3. The Hall–Kier alpha value is -0.970. The molecule has 6 heteroatoms. The van der Waals surface area contributed by atoms with E-state index in [9.17, 15) is 0 Å². The fourth-order valence-electron chi connectivity index (χ4n) is 1.05. The van der Waals surface area contributed by atoms with E-state index < -0.39 is 0 Å². The van der Waals surface area contributed by atoms with E-state index in [1.54, 1.807) is 0 Å². The first-order valence-corrected chi connectivity index (χ1v) is 5.51. The van der Waals surface area contributed by atoms with E-state index >= 15 is 0 Å². The van der Waals surface area contributed by atoms with Crippen LogP contribution in [-0.2, 0) is 0 Å². The van der Waals surface area contributed by atoms with Crippen molar-refractivity contribution in [3.8, 4) is 5.88 Å². The van der Waals surface area contributed by atoms with Gasteiger partial charge in [-0.25, -0.2) is 5.84 Å². The Balaban J connectivity index is 2.68. The lowest BCUT2D eigenvalue weighted by Crippen LogP contribution is -2.10. The second kappa shape index (κ2) is 6.58. The minimum absolute atomic E-state index is 0.322. The van der Waals surface area contributed by atoms with Crippen LogP contribution in [0.4, 0.5) is 5.82 Å². The van der Waals surface area contributed by atoms with Crippen LogP contribution in [0.2, 0.25) is 10.0 Å². The van der Waals surface area contributed by atoms with Crippen LogP contribution in [0.15, 0.2) is 18.7 Å². The molecule has 0 fully saturated rings. The number of pyridine rings is 1. The predicted molar refractivity (Wildman–Crippen MR) is 67.0 cm³/mol. The molecule has 88 valence electrons. The van der Waals surface area contributed by atoms with Gasteiger partial charge < -0.3 is 10.2 Å². The molecule has 4 nitrogen and oxygen atoms in total. The zero-order chi connectivity index (χ0) is 12.0. The van der Waals surface area contributed by atoms with Crippen LogP contribution in [0.25, 0.3) is 0 Å². The lowest BCUT2D eigenvalue weighted by Gasteiger charge is -2.09. The Bertz CT molecular complexity index is 371. The summed E-state index contributed by atoms with van der Waals surface area (Å²) >= 11 is 11.7. The van der Waals surface area contributed by atoms with Crippen molar-refractivity contribution in [1.82, 2.24) is 4.98 Å². The molecule has 1 aromatic rings. The van der Waals surface area contributed by atoms with Crippen LogP contribution in [0.5, 0.6) is 5.88 Å². The average Bonchev–Trinajstić information content (AvgIpc) is 2.27. The number of unbranched alkanes of at least 4 members (excludes halogenated alkanes) is 1. The summed E-state index contributed by atoms with van der Waals surface area (Å²) in [5.74, 6) is 5.90. The van der Waals surface area contributed by atoms with E-state index in [4.69, 9.17) is 33.8 Å². The monoisotopic (exact) mass is 261 g/mol. The van der Waals surface area contributed by atoms with Gasteiger partial charge >= 0.3 is 0 Å². The fourth-order valence-corrected chi connectivity index (χ4v) is 1.52. The van der Waals surface area contributed by atoms with Gasteiger partial charge in [0.1, 0.15) is 5.02 Å². The zero-order valence-electron chi connectivity index (χ0n) is 8.67. The first-order valence-electron chi connectivity index (χ1n) is 4.75. The van der Waals surface area contributed by atoms with Gasteiger partial charge in [0.25, 0.3) is 0 Å². The summed E-state index contributed by atoms with van der Waals surface area (Å²) < 4.78 is 5.39. The molecule has 0 unspecified atom stereocenters. The number of ether oxygens (including phenoxy) is 1. The van der Waals surface area contributed by atoms with Crippen molar-refractivity contribution in [1.29, 1.82) is 0 Å². The smallest absolute Gasteiger partial charge is 0.234 e. The predicted octanol–water partition coefficient (Wildman–Crippen LogP) is 3.02. The molecule has 0 radical (unpaired) electrons. The molecular formula is C10H13Cl2N3O. The molecule has 0 amide bonds. The number of hydrazine groups is 1. The third-order valence-corrected chi connectivity index (χ3v) is 2.38. The minimum Gasteiger partial charge on any atom is -0.477 e. The van der Waals surface area contributed by atoms with Crippen molar-refractivity contribution in [2.75, 3.05) is 12.0 Å². The summed E-state index contributed by atoms with van der Waals surface area (Å²) in [5.41, 5.74) is 2.37. The SMILES string of the molecule is C=CCCCOc1nc(NN)c(Cl)cc1Cl. The number of nitrogens with one attached hydrogen (secondary N) is 1. The Labute approximate surface area is 104 Å². The van der Waals surface area contributed by atoms with Crippen LogP contribution in [0.1, 0.15) is 12.8 Å². The molecule has 0 atom stereocenters. The van der Waals surface area contributed by atoms with Crippen molar-refractivity contribution in [2.45, 2.75) is 12.8 Å². The third kappa shape index (κ3) is 3.56. The number of halogens is 2. The minimum atomic E-state index is 0.322. The number of nitrogens with zero attached hydrogens (tertiary/aromatic N) is 1. The van der Waals surface area contributed by atoms with E-state index in [2.05, 4.69) is 17.0 Å². The largest absolute Gasteiger partial charge is 0.477 e. The van der Waals surface area contributed by atoms with Gasteiger partial charge in [-0.1, -0.05) is 29.3 Å². The van der Waals surface area contributed by atoms with Gasteiger partial charge in [-0.05, 0) is 18.9 Å². The average molecular weight is 262 g/mol. The van der Waals surface area contributed by atoms with Crippen LogP contribution in [0.3, 0.4) is 0 Å². The third-order valence-electron chi connectivity index (χ3n) is 1.83. The number of nitrogens with two attached hydrogens (primary N) is 1. The number of rotatable bonds is 6. The van der Waals surface area contributed by atoms with E-state index in [0.717, 1.165) is 12.8 Å². The highest BCUT2D eigenvalue weighted by atomic mass is 35.5. The molecule has 0 saturated heterocycles. The van der Waals surface area contributed by atoms with Gasteiger partial charge in [0, 0.05) is 0 Å².